The van der Waals surface area contributed by atoms with Crippen molar-refractivity contribution >= 4 is 11.8 Å². The number of aromatic nitrogens is 1. The van der Waals surface area contributed by atoms with Gasteiger partial charge in [0.15, 0.2) is 0 Å². The predicted molar refractivity (Wildman–Crippen MR) is 111 cm³/mol. The maximum Gasteiger partial charge on any atom is 0.222 e. The Hall–Kier alpha value is -1.99. The monoisotopic (exact) mass is 402 g/mol. The Balaban J connectivity index is 1.43. The lowest BCUT2D eigenvalue weighted by Gasteiger charge is -2.38. The van der Waals surface area contributed by atoms with Crippen LogP contribution in [0.2, 0.25) is 0 Å². The van der Waals surface area contributed by atoms with Gasteiger partial charge >= 0.3 is 0 Å². The maximum atomic E-state index is 12.6. The molecule has 0 unspecified atom stereocenters. The average Bonchev–Trinajstić information content (AvgIpc) is 2.90. The molecule has 1 atom stereocenters. The lowest BCUT2D eigenvalue weighted by Crippen LogP contribution is -2.50. The first kappa shape index (κ1) is 21.7. The fourth-order valence-electron chi connectivity index (χ4n) is 4.48. The average molecular weight is 403 g/mol. The van der Waals surface area contributed by atoms with Gasteiger partial charge in [-0.3, -0.25) is 14.6 Å². The third-order valence-electron chi connectivity index (χ3n) is 6.13. The van der Waals surface area contributed by atoms with E-state index in [-0.39, 0.29) is 17.9 Å². The van der Waals surface area contributed by atoms with Crippen LogP contribution in [0.15, 0.2) is 24.5 Å². The van der Waals surface area contributed by atoms with Crippen LogP contribution in [0, 0.1) is 0 Å². The fraction of sp³-hybridized carbons (Fsp3) is 0.682. The zero-order chi connectivity index (χ0) is 20.7. The third-order valence-corrected chi connectivity index (χ3v) is 6.13. The standard InChI is InChI=1S/C22H34N4O3/c1-18(27)24-20-7-13-25(14-8-20)17-22(29)9-3-12-26(15-10-22)21(28)6-5-19-4-2-11-23-16-19/h2,4,11,16,20,29H,3,5-10,12-15,17H2,1H3,(H,24,27)/t22-/m0/s1. The molecule has 2 aliphatic rings. The van der Waals surface area contributed by atoms with Gasteiger partial charge in [-0.25, -0.2) is 0 Å². The van der Waals surface area contributed by atoms with Crippen LogP contribution < -0.4 is 5.32 Å². The molecule has 1 aromatic rings. The van der Waals surface area contributed by atoms with Gasteiger partial charge in [0.05, 0.1) is 5.60 Å². The van der Waals surface area contributed by atoms with Gasteiger partial charge in [-0.15, -0.1) is 0 Å². The molecule has 7 heteroatoms. The number of likely N-dealkylation sites (tertiary alicyclic amines) is 2. The summed E-state index contributed by atoms with van der Waals surface area (Å²) in [5.41, 5.74) is 0.342. The quantitative estimate of drug-likeness (QED) is 0.750. The molecule has 29 heavy (non-hydrogen) atoms. The van der Waals surface area contributed by atoms with E-state index in [1.807, 2.05) is 23.2 Å². The maximum absolute atomic E-state index is 12.6. The molecule has 0 aliphatic carbocycles. The molecule has 0 spiro atoms. The van der Waals surface area contributed by atoms with Crippen LogP contribution in [0.3, 0.4) is 0 Å². The van der Waals surface area contributed by atoms with E-state index >= 15 is 0 Å². The van der Waals surface area contributed by atoms with Crippen LogP contribution in [0.4, 0.5) is 0 Å². The number of hydrogen-bond donors (Lipinski definition) is 2. The first-order valence-corrected chi connectivity index (χ1v) is 10.8. The van der Waals surface area contributed by atoms with Crippen molar-refractivity contribution in [3.63, 3.8) is 0 Å². The Morgan fingerprint density at radius 2 is 2.03 bits per heavy atom. The number of β-amino-alcohol motifs (C(OH)–C–C–N with tert-alkyl or cyclic N) is 1. The summed E-state index contributed by atoms with van der Waals surface area (Å²) >= 11 is 0. The highest BCUT2D eigenvalue weighted by atomic mass is 16.3. The second-order valence-electron chi connectivity index (χ2n) is 8.57. The van der Waals surface area contributed by atoms with Crippen LogP contribution in [-0.2, 0) is 16.0 Å². The van der Waals surface area contributed by atoms with Crippen LogP contribution in [0.5, 0.6) is 0 Å². The van der Waals surface area contributed by atoms with Crippen molar-refractivity contribution < 1.29 is 14.7 Å². The number of aryl methyl sites for hydroxylation is 1. The Kier molecular flexibility index (Phi) is 7.61. The molecule has 2 aliphatic heterocycles. The number of nitrogens with one attached hydrogen (secondary N) is 1. The molecule has 0 bridgehead atoms. The van der Waals surface area contributed by atoms with Gasteiger partial charge in [-0.1, -0.05) is 6.07 Å². The van der Waals surface area contributed by atoms with Crippen molar-refractivity contribution in [2.75, 3.05) is 32.7 Å². The van der Waals surface area contributed by atoms with Crippen LogP contribution >= 0.6 is 0 Å². The molecule has 2 fully saturated rings. The molecule has 0 radical (unpaired) electrons. The van der Waals surface area contributed by atoms with Crippen LogP contribution in [0.25, 0.3) is 0 Å². The zero-order valence-corrected chi connectivity index (χ0v) is 17.5. The molecular weight excluding hydrogens is 368 g/mol. The largest absolute Gasteiger partial charge is 0.388 e. The Labute approximate surface area is 173 Å². The number of piperidine rings is 1. The van der Waals surface area contributed by atoms with Crippen LogP contribution in [-0.4, -0.2) is 76.1 Å². The topological polar surface area (TPSA) is 85.8 Å². The lowest BCUT2D eigenvalue weighted by atomic mass is 9.93. The highest BCUT2D eigenvalue weighted by molar-refractivity contribution is 5.76. The minimum Gasteiger partial charge on any atom is -0.388 e. The summed E-state index contributed by atoms with van der Waals surface area (Å²) in [5.74, 6) is 0.188. The number of pyridine rings is 1. The van der Waals surface area contributed by atoms with Gasteiger partial charge in [-0.05, 0) is 50.2 Å². The van der Waals surface area contributed by atoms with Gasteiger partial charge < -0.3 is 20.2 Å². The summed E-state index contributed by atoms with van der Waals surface area (Å²) in [4.78, 5) is 32.2. The minimum absolute atomic E-state index is 0.0270. The molecule has 3 rings (SSSR count). The van der Waals surface area contributed by atoms with Gasteiger partial charge in [0.1, 0.15) is 0 Å². The van der Waals surface area contributed by atoms with E-state index in [9.17, 15) is 14.7 Å². The van der Waals surface area contributed by atoms with E-state index in [1.54, 1.807) is 13.1 Å². The van der Waals surface area contributed by atoms with Crippen molar-refractivity contribution in [1.82, 2.24) is 20.1 Å². The van der Waals surface area contributed by atoms with Crippen molar-refractivity contribution in [1.29, 1.82) is 0 Å². The normalized spacial score (nSPS) is 24.1. The number of carbonyl (C=O) groups is 2. The van der Waals surface area contributed by atoms with E-state index in [4.69, 9.17) is 0 Å². The highest BCUT2D eigenvalue weighted by Crippen LogP contribution is 2.25. The number of hydrogen-bond acceptors (Lipinski definition) is 5. The molecule has 1 aromatic heterocycles. The third kappa shape index (κ3) is 6.78. The second-order valence-corrected chi connectivity index (χ2v) is 8.57. The molecule has 2 N–H and O–H groups in total. The Morgan fingerprint density at radius 1 is 1.24 bits per heavy atom. The molecular formula is C22H34N4O3. The molecule has 0 saturated carbocycles. The van der Waals surface area contributed by atoms with Crippen molar-refractivity contribution in [2.45, 2.75) is 63.5 Å². The zero-order valence-electron chi connectivity index (χ0n) is 17.5. The van der Waals surface area contributed by atoms with E-state index in [0.717, 1.165) is 50.9 Å². The summed E-state index contributed by atoms with van der Waals surface area (Å²) in [7, 11) is 0. The van der Waals surface area contributed by atoms with Gasteiger partial charge in [0.25, 0.3) is 0 Å². The van der Waals surface area contributed by atoms with Crippen molar-refractivity contribution in [2.24, 2.45) is 0 Å². The van der Waals surface area contributed by atoms with E-state index in [0.29, 0.717) is 32.4 Å². The van der Waals surface area contributed by atoms with Crippen LogP contribution in [0.1, 0.15) is 51.0 Å². The van der Waals surface area contributed by atoms with E-state index in [2.05, 4.69) is 15.2 Å². The van der Waals surface area contributed by atoms with Crippen molar-refractivity contribution in [3.05, 3.63) is 30.1 Å². The first-order valence-electron chi connectivity index (χ1n) is 10.8. The molecule has 7 nitrogen and oxygen atoms in total. The number of nitrogens with zero attached hydrogens (tertiary/aromatic N) is 3. The summed E-state index contributed by atoms with van der Waals surface area (Å²) in [6, 6.07) is 4.14. The van der Waals surface area contributed by atoms with E-state index < -0.39 is 5.60 Å². The summed E-state index contributed by atoms with van der Waals surface area (Å²) in [6.07, 6.45) is 8.77. The molecule has 2 saturated heterocycles. The first-order chi connectivity index (χ1) is 13.9. The Morgan fingerprint density at radius 3 is 2.72 bits per heavy atom. The SMILES string of the molecule is CC(=O)NC1CCN(C[C@]2(O)CCCN(C(=O)CCc3cccnc3)CC2)CC1. The van der Waals surface area contributed by atoms with Crippen molar-refractivity contribution in [3.8, 4) is 0 Å². The smallest absolute Gasteiger partial charge is 0.222 e. The van der Waals surface area contributed by atoms with Gasteiger partial charge in [0, 0.05) is 64.5 Å². The number of amides is 2. The van der Waals surface area contributed by atoms with E-state index in [1.165, 1.54) is 0 Å². The summed E-state index contributed by atoms with van der Waals surface area (Å²) in [6.45, 7) is 5.33. The molecule has 160 valence electrons. The number of carbonyl (C=O) groups excluding carboxylic acids is 2. The second kappa shape index (κ2) is 10.2. The highest BCUT2D eigenvalue weighted by Gasteiger charge is 2.34. The minimum atomic E-state index is -0.737. The number of rotatable bonds is 6. The summed E-state index contributed by atoms with van der Waals surface area (Å²) < 4.78 is 0. The van der Waals surface area contributed by atoms with Gasteiger partial charge in [-0.2, -0.15) is 0 Å². The molecule has 2 amide bonds. The van der Waals surface area contributed by atoms with Gasteiger partial charge in [0.2, 0.25) is 11.8 Å². The molecule has 0 aromatic carbocycles. The Bertz CT molecular complexity index is 676. The lowest BCUT2D eigenvalue weighted by molar-refractivity contribution is -0.131. The fourth-order valence-corrected chi connectivity index (χ4v) is 4.48. The molecule has 3 heterocycles. The predicted octanol–water partition coefficient (Wildman–Crippen LogP) is 1.36. The summed E-state index contributed by atoms with van der Waals surface area (Å²) in [5, 5.41) is 14.2. The number of aliphatic hydroxyl groups is 1.